The summed E-state index contributed by atoms with van der Waals surface area (Å²) < 4.78 is 12.9. The summed E-state index contributed by atoms with van der Waals surface area (Å²) in [6, 6.07) is 8.94. The van der Waals surface area contributed by atoms with Gasteiger partial charge in [-0.3, -0.25) is 4.98 Å². The second-order valence-corrected chi connectivity index (χ2v) is 4.70. The minimum absolute atomic E-state index is 0.193. The molecular formula is C16H19FN2. The molecule has 1 heterocycles. The van der Waals surface area contributed by atoms with Crippen LogP contribution in [-0.2, 0) is 6.54 Å². The lowest BCUT2D eigenvalue weighted by atomic mass is 10.0. The predicted molar refractivity (Wildman–Crippen MR) is 75.2 cm³/mol. The number of halogens is 1. The van der Waals surface area contributed by atoms with Gasteiger partial charge in [-0.15, -0.1) is 0 Å². The maximum absolute atomic E-state index is 12.9. The molecule has 0 aliphatic heterocycles. The lowest BCUT2D eigenvalue weighted by molar-refractivity contribution is 0.516. The van der Waals surface area contributed by atoms with Gasteiger partial charge < -0.3 is 5.32 Å². The summed E-state index contributed by atoms with van der Waals surface area (Å²) in [5.74, 6) is -0.193. The van der Waals surface area contributed by atoms with Gasteiger partial charge >= 0.3 is 0 Å². The van der Waals surface area contributed by atoms with Crippen molar-refractivity contribution in [1.82, 2.24) is 10.3 Å². The van der Waals surface area contributed by atoms with Crippen molar-refractivity contribution in [1.29, 1.82) is 0 Å². The fraction of sp³-hybridized carbons (Fsp3) is 0.312. The SMILES string of the molecule is CCC(NCc1cnccc1C)c1ccc(F)cc1. The zero-order valence-electron chi connectivity index (χ0n) is 11.4. The molecule has 1 N–H and O–H groups in total. The Labute approximate surface area is 113 Å². The number of aromatic nitrogens is 1. The van der Waals surface area contributed by atoms with Crippen molar-refractivity contribution >= 4 is 0 Å². The molecule has 0 aliphatic rings. The van der Waals surface area contributed by atoms with Gasteiger partial charge in [0, 0.05) is 25.0 Å². The Morgan fingerprint density at radius 1 is 1.21 bits per heavy atom. The molecule has 0 saturated heterocycles. The van der Waals surface area contributed by atoms with Gasteiger partial charge in [0.2, 0.25) is 0 Å². The number of rotatable bonds is 5. The van der Waals surface area contributed by atoms with Crippen molar-refractivity contribution in [2.45, 2.75) is 32.9 Å². The van der Waals surface area contributed by atoms with Crippen LogP contribution in [0.1, 0.15) is 36.1 Å². The first-order valence-electron chi connectivity index (χ1n) is 6.59. The van der Waals surface area contributed by atoms with Gasteiger partial charge in [-0.05, 0) is 48.2 Å². The maximum atomic E-state index is 12.9. The number of nitrogens with zero attached hydrogens (tertiary/aromatic N) is 1. The molecule has 0 saturated carbocycles. The second-order valence-electron chi connectivity index (χ2n) is 4.70. The fourth-order valence-electron chi connectivity index (χ4n) is 2.11. The fourth-order valence-corrected chi connectivity index (χ4v) is 2.11. The third-order valence-electron chi connectivity index (χ3n) is 3.37. The Kier molecular flexibility index (Phi) is 4.63. The quantitative estimate of drug-likeness (QED) is 0.883. The van der Waals surface area contributed by atoms with Crippen LogP contribution in [0.4, 0.5) is 4.39 Å². The highest BCUT2D eigenvalue weighted by Gasteiger charge is 2.09. The third kappa shape index (κ3) is 3.61. The van der Waals surface area contributed by atoms with Crippen LogP contribution in [0, 0.1) is 12.7 Å². The molecule has 19 heavy (non-hydrogen) atoms. The summed E-state index contributed by atoms with van der Waals surface area (Å²) in [6.07, 6.45) is 4.65. The molecule has 2 aromatic rings. The van der Waals surface area contributed by atoms with E-state index < -0.39 is 0 Å². The number of nitrogens with one attached hydrogen (secondary N) is 1. The van der Waals surface area contributed by atoms with Gasteiger partial charge in [0.15, 0.2) is 0 Å². The summed E-state index contributed by atoms with van der Waals surface area (Å²) in [5.41, 5.74) is 3.55. The average molecular weight is 258 g/mol. The van der Waals surface area contributed by atoms with E-state index in [0.29, 0.717) is 0 Å². The Morgan fingerprint density at radius 2 is 1.95 bits per heavy atom. The Morgan fingerprint density at radius 3 is 2.58 bits per heavy atom. The largest absolute Gasteiger partial charge is 0.306 e. The van der Waals surface area contributed by atoms with Crippen LogP contribution in [0.25, 0.3) is 0 Å². The van der Waals surface area contributed by atoms with Crippen LogP contribution < -0.4 is 5.32 Å². The molecule has 3 heteroatoms. The molecule has 1 aromatic heterocycles. The molecule has 2 rings (SSSR count). The highest BCUT2D eigenvalue weighted by Crippen LogP contribution is 2.18. The first kappa shape index (κ1) is 13.7. The molecular weight excluding hydrogens is 239 g/mol. The summed E-state index contributed by atoms with van der Waals surface area (Å²) in [5, 5.41) is 3.50. The van der Waals surface area contributed by atoms with E-state index in [4.69, 9.17) is 0 Å². The molecule has 1 aromatic carbocycles. The van der Waals surface area contributed by atoms with Crippen LogP contribution in [0.5, 0.6) is 0 Å². The number of pyridine rings is 1. The van der Waals surface area contributed by atoms with E-state index in [1.54, 1.807) is 6.20 Å². The third-order valence-corrected chi connectivity index (χ3v) is 3.37. The van der Waals surface area contributed by atoms with Crippen molar-refractivity contribution < 1.29 is 4.39 Å². The molecule has 0 spiro atoms. The molecule has 0 amide bonds. The van der Waals surface area contributed by atoms with Gasteiger partial charge in [0.05, 0.1) is 0 Å². The smallest absolute Gasteiger partial charge is 0.123 e. The number of aryl methyl sites for hydroxylation is 1. The molecule has 2 nitrogen and oxygen atoms in total. The molecule has 0 aliphatic carbocycles. The van der Waals surface area contributed by atoms with Crippen molar-refractivity contribution in [2.75, 3.05) is 0 Å². The average Bonchev–Trinajstić information content (AvgIpc) is 2.43. The first-order valence-corrected chi connectivity index (χ1v) is 6.59. The van der Waals surface area contributed by atoms with Gasteiger partial charge in [0.25, 0.3) is 0 Å². The van der Waals surface area contributed by atoms with Crippen LogP contribution >= 0.6 is 0 Å². The molecule has 0 bridgehead atoms. The van der Waals surface area contributed by atoms with Crippen LogP contribution in [0.2, 0.25) is 0 Å². The van der Waals surface area contributed by atoms with E-state index in [-0.39, 0.29) is 11.9 Å². The van der Waals surface area contributed by atoms with E-state index in [1.165, 1.54) is 23.3 Å². The molecule has 0 radical (unpaired) electrons. The normalized spacial score (nSPS) is 12.4. The van der Waals surface area contributed by atoms with E-state index in [9.17, 15) is 4.39 Å². The first-order chi connectivity index (χ1) is 9.20. The molecule has 1 unspecified atom stereocenters. The van der Waals surface area contributed by atoms with Crippen molar-refractivity contribution in [2.24, 2.45) is 0 Å². The molecule has 100 valence electrons. The second kappa shape index (κ2) is 6.43. The molecule has 0 fully saturated rings. The standard InChI is InChI=1S/C16H19FN2/c1-3-16(13-4-6-15(17)7-5-13)19-11-14-10-18-9-8-12(14)2/h4-10,16,19H,3,11H2,1-2H3. The zero-order chi connectivity index (χ0) is 13.7. The topological polar surface area (TPSA) is 24.9 Å². The predicted octanol–water partition coefficient (Wildman–Crippen LogP) is 3.77. The minimum Gasteiger partial charge on any atom is -0.306 e. The van der Waals surface area contributed by atoms with E-state index in [2.05, 4.69) is 24.1 Å². The summed E-state index contributed by atoms with van der Waals surface area (Å²) in [7, 11) is 0. The summed E-state index contributed by atoms with van der Waals surface area (Å²) in [6.45, 7) is 4.98. The van der Waals surface area contributed by atoms with Gasteiger partial charge in [-0.2, -0.15) is 0 Å². The zero-order valence-corrected chi connectivity index (χ0v) is 11.4. The van der Waals surface area contributed by atoms with Crippen LogP contribution in [0.3, 0.4) is 0 Å². The molecule has 1 atom stereocenters. The van der Waals surface area contributed by atoms with E-state index >= 15 is 0 Å². The lowest BCUT2D eigenvalue weighted by Gasteiger charge is -2.18. The summed E-state index contributed by atoms with van der Waals surface area (Å²) >= 11 is 0. The van der Waals surface area contributed by atoms with Gasteiger partial charge in [0.1, 0.15) is 5.82 Å². The Hall–Kier alpha value is -1.74. The highest BCUT2D eigenvalue weighted by molar-refractivity contribution is 5.23. The van der Waals surface area contributed by atoms with Gasteiger partial charge in [-0.1, -0.05) is 19.1 Å². The summed E-state index contributed by atoms with van der Waals surface area (Å²) in [4.78, 5) is 4.14. The van der Waals surface area contributed by atoms with Crippen molar-refractivity contribution in [3.8, 4) is 0 Å². The number of hydrogen-bond acceptors (Lipinski definition) is 2. The minimum atomic E-state index is -0.193. The monoisotopic (exact) mass is 258 g/mol. The van der Waals surface area contributed by atoms with Crippen molar-refractivity contribution in [3.63, 3.8) is 0 Å². The lowest BCUT2D eigenvalue weighted by Crippen LogP contribution is -2.20. The van der Waals surface area contributed by atoms with E-state index in [0.717, 1.165) is 18.5 Å². The maximum Gasteiger partial charge on any atom is 0.123 e. The highest BCUT2D eigenvalue weighted by atomic mass is 19.1. The number of hydrogen-bond donors (Lipinski definition) is 1. The van der Waals surface area contributed by atoms with Crippen LogP contribution in [0.15, 0.2) is 42.7 Å². The van der Waals surface area contributed by atoms with Crippen LogP contribution in [-0.4, -0.2) is 4.98 Å². The van der Waals surface area contributed by atoms with E-state index in [1.807, 2.05) is 24.4 Å². The van der Waals surface area contributed by atoms with Crippen molar-refractivity contribution in [3.05, 3.63) is 65.2 Å². The number of benzene rings is 1. The Bertz CT molecular complexity index is 523. The Balaban J connectivity index is 2.04. The van der Waals surface area contributed by atoms with Gasteiger partial charge in [-0.25, -0.2) is 4.39 Å².